The van der Waals surface area contributed by atoms with E-state index in [-0.39, 0.29) is 17.6 Å². The Bertz CT molecular complexity index is 1400. The lowest BCUT2D eigenvalue weighted by Crippen LogP contribution is -2.61. The molecule has 2 aliphatic heterocycles. The Morgan fingerprint density at radius 3 is 2.51 bits per heavy atom. The van der Waals surface area contributed by atoms with Crippen molar-refractivity contribution in [2.24, 2.45) is 7.05 Å². The molecule has 2 saturated heterocycles. The Labute approximate surface area is 223 Å². The Balaban J connectivity index is 1.34. The van der Waals surface area contributed by atoms with Crippen LogP contribution in [-0.4, -0.2) is 85.0 Å². The van der Waals surface area contributed by atoms with E-state index in [2.05, 4.69) is 4.90 Å². The molecule has 0 amide bonds. The lowest BCUT2D eigenvalue weighted by Gasteiger charge is -2.38. The molecular formula is C27H31FN4O7. The van der Waals surface area contributed by atoms with Crippen molar-refractivity contribution in [2.75, 3.05) is 18.0 Å². The Hall–Kier alpha value is -3.32. The molecule has 0 saturated carbocycles. The molecule has 1 aromatic carbocycles. The van der Waals surface area contributed by atoms with Crippen LogP contribution >= 0.6 is 0 Å². The first kappa shape index (κ1) is 25.9. The van der Waals surface area contributed by atoms with E-state index in [9.17, 15) is 29.6 Å². The van der Waals surface area contributed by atoms with Crippen molar-refractivity contribution in [1.82, 2.24) is 14.8 Å². The number of benzene rings is 1. The number of carboxylic acids is 1. The van der Waals surface area contributed by atoms with Crippen molar-refractivity contribution in [3.05, 3.63) is 46.9 Å². The van der Waals surface area contributed by atoms with Gasteiger partial charge in [-0.2, -0.15) is 10.1 Å². The predicted octanol–water partition coefficient (Wildman–Crippen LogP) is 1.25. The molecule has 12 heteroatoms. The molecule has 4 heterocycles. The van der Waals surface area contributed by atoms with Gasteiger partial charge < -0.3 is 34.8 Å². The number of carboxylic acid groups (broad SMARTS) is 1. The maximum atomic E-state index is 13.4. The van der Waals surface area contributed by atoms with Gasteiger partial charge in [0.05, 0.1) is 5.69 Å². The van der Waals surface area contributed by atoms with Crippen molar-refractivity contribution in [3.63, 3.8) is 0 Å². The van der Waals surface area contributed by atoms with Gasteiger partial charge in [-0.3, -0.25) is 4.68 Å². The third kappa shape index (κ3) is 4.50. The summed E-state index contributed by atoms with van der Waals surface area (Å²) in [6, 6.07) is 6.50. The lowest BCUT2D eigenvalue weighted by molar-refractivity contribution is -0.271. The zero-order valence-corrected chi connectivity index (χ0v) is 21.4. The van der Waals surface area contributed by atoms with E-state index in [1.807, 2.05) is 0 Å². The predicted molar refractivity (Wildman–Crippen MR) is 136 cm³/mol. The van der Waals surface area contributed by atoms with Gasteiger partial charge in [-0.05, 0) is 61.9 Å². The van der Waals surface area contributed by atoms with E-state index in [1.165, 1.54) is 12.1 Å². The average molecular weight is 543 g/mol. The fraction of sp³-hybridized carbons (Fsp3) is 0.519. The van der Waals surface area contributed by atoms with E-state index in [4.69, 9.17) is 19.6 Å². The van der Waals surface area contributed by atoms with Gasteiger partial charge in [0.2, 0.25) is 12.2 Å². The Kier molecular flexibility index (Phi) is 6.66. The van der Waals surface area contributed by atoms with E-state index in [0.717, 1.165) is 66.7 Å². The van der Waals surface area contributed by atoms with Crippen LogP contribution in [-0.2, 0) is 29.4 Å². The van der Waals surface area contributed by atoms with Crippen LogP contribution in [0.15, 0.2) is 24.3 Å². The number of aromatic nitrogens is 3. The summed E-state index contributed by atoms with van der Waals surface area (Å²) < 4.78 is 26.4. The molecule has 11 nitrogen and oxygen atoms in total. The second-order valence-corrected chi connectivity index (χ2v) is 10.5. The summed E-state index contributed by atoms with van der Waals surface area (Å²) in [6.07, 6.45) is -4.32. The third-order valence-electron chi connectivity index (χ3n) is 8.09. The number of fused-ring (bicyclic) bond motifs is 3. The first-order valence-corrected chi connectivity index (χ1v) is 13.2. The number of anilines is 1. The van der Waals surface area contributed by atoms with Crippen molar-refractivity contribution in [3.8, 4) is 5.88 Å². The number of hydrogen-bond donors (Lipinski definition) is 4. The molecule has 6 atom stereocenters. The molecule has 0 radical (unpaired) electrons. The van der Waals surface area contributed by atoms with Crippen LogP contribution in [0.25, 0.3) is 11.0 Å². The molecule has 6 unspecified atom stereocenters. The highest BCUT2D eigenvalue weighted by molar-refractivity contribution is 5.85. The minimum absolute atomic E-state index is 0.148. The third-order valence-corrected chi connectivity index (χ3v) is 8.09. The van der Waals surface area contributed by atoms with Crippen LogP contribution in [0, 0.1) is 5.82 Å². The molecular weight excluding hydrogens is 511 g/mol. The normalized spacial score (nSPS) is 29.0. The Morgan fingerprint density at radius 2 is 1.79 bits per heavy atom. The first-order chi connectivity index (χ1) is 18.7. The van der Waals surface area contributed by atoms with Gasteiger partial charge in [-0.1, -0.05) is 0 Å². The zero-order valence-electron chi connectivity index (χ0n) is 21.4. The summed E-state index contributed by atoms with van der Waals surface area (Å²) in [7, 11) is 1.80. The number of aliphatic hydroxyl groups excluding tert-OH is 3. The van der Waals surface area contributed by atoms with E-state index in [1.54, 1.807) is 23.9 Å². The van der Waals surface area contributed by atoms with Crippen LogP contribution in [0.1, 0.15) is 42.0 Å². The van der Waals surface area contributed by atoms with Crippen LogP contribution in [0.5, 0.6) is 5.88 Å². The van der Waals surface area contributed by atoms with Crippen LogP contribution in [0.4, 0.5) is 10.1 Å². The molecule has 3 aromatic rings. The minimum atomic E-state index is -1.80. The smallest absolute Gasteiger partial charge is 0.335 e. The van der Waals surface area contributed by atoms with E-state index in [0.29, 0.717) is 12.1 Å². The summed E-state index contributed by atoms with van der Waals surface area (Å²) in [5, 5.41) is 46.0. The minimum Gasteiger partial charge on any atom is -0.479 e. The molecule has 2 fully saturated rings. The number of carbonyl (C=O) groups is 1. The summed E-state index contributed by atoms with van der Waals surface area (Å²) in [5.41, 5.74) is 4.42. The molecule has 2 aromatic heterocycles. The molecule has 3 aliphatic rings. The fourth-order valence-corrected chi connectivity index (χ4v) is 6.05. The quantitative estimate of drug-likeness (QED) is 0.371. The topological polar surface area (TPSA) is 150 Å². The first-order valence-electron chi connectivity index (χ1n) is 13.2. The van der Waals surface area contributed by atoms with Crippen molar-refractivity contribution in [2.45, 2.75) is 68.7 Å². The van der Waals surface area contributed by atoms with Crippen LogP contribution in [0.3, 0.4) is 0 Å². The largest absolute Gasteiger partial charge is 0.479 e. The Morgan fingerprint density at radius 1 is 1.08 bits per heavy atom. The number of aliphatic hydroxyl groups is 3. The summed E-state index contributed by atoms with van der Waals surface area (Å²) >= 11 is 0. The molecule has 4 N–H and O–H groups in total. The van der Waals surface area contributed by atoms with Gasteiger partial charge in [-0.25, -0.2) is 9.18 Å². The highest BCUT2D eigenvalue weighted by Gasteiger charge is 2.48. The van der Waals surface area contributed by atoms with Crippen molar-refractivity contribution < 1.29 is 39.1 Å². The molecule has 0 bridgehead atoms. The molecule has 208 valence electrons. The number of hydrogen-bond acceptors (Lipinski definition) is 9. The van der Waals surface area contributed by atoms with Gasteiger partial charge in [0, 0.05) is 42.7 Å². The van der Waals surface area contributed by atoms with Gasteiger partial charge in [0.1, 0.15) is 24.1 Å². The highest BCUT2D eigenvalue weighted by atomic mass is 19.1. The summed E-state index contributed by atoms with van der Waals surface area (Å²) in [4.78, 5) is 18.5. The maximum absolute atomic E-state index is 13.4. The van der Waals surface area contributed by atoms with Gasteiger partial charge in [-0.15, -0.1) is 0 Å². The molecule has 1 aliphatic carbocycles. The molecule has 0 spiro atoms. The maximum Gasteiger partial charge on any atom is 0.335 e. The van der Waals surface area contributed by atoms with Crippen LogP contribution in [0.2, 0.25) is 0 Å². The van der Waals surface area contributed by atoms with Gasteiger partial charge in [0.15, 0.2) is 11.8 Å². The van der Waals surface area contributed by atoms with E-state index < -0.39 is 36.7 Å². The second-order valence-electron chi connectivity index (χ2n) is 10.5. The second kappa shape index (κ2) is 10.0. The average Bonchev–Trinajstić information content (AvgIpc) is 3.54. The molecule has 39 heavy (non-hydrogen) atoms. The molecule has 6 rings (SSSR count). The van der Waals surface area contributed by atoms with E-state index >= 15 is 0 Å². The standard InChI is InChI=1S/C27H31FN4O7/c1-31-24-18(19(30-31)13-10-11-32(12-13)15-8-6-14(28)7-9-15)16-4-2-3-5-17(16)25(29-24)39-27-22(35)20(33)21(34)23(38-27)26(36)37/h6-9,13,20-23,27,33-35H,2-5,10-12H2,1H3,(H,36,37). The van der Waals surface area contributed by atoms with Gasteiger partial charge >= 0.3 is 5.97 Å². The number of ether oxygens (including phenoxy) is 2. The highest BCUT2D eigenvalue weighted by Crippen LogP contribution is 2.41. The number of halogens is 1. The van der Waals surface area contributed by atoms with Gasteiger partial charge in [0.25, 0.3) is 0 Å². The SMILES string of the molecule is Cn1nc(C2CCN(c3ccc(F)cc3)C2)c2c3c(c(OC4OC(C(=O)O)C(O)C(O)C4O)nc21)CCCC3. The summed E-state index contributed by atoms with van der Waals surface area (Å²) in [5.74, 6) is -1.40. The number of aliphatic carboxylic acids is 1. The number of nitrogens with zero attached hydrogens (tertiary/aromatic N) is 4. The van der Waals surface area contributed by atoms with Crippen molar-refractivity contribution >= 4 is 22.7 Å². The monoisotopic (exact) mass is 542 g/mol. The zero-order chi connectivity index (χ0) is 27.4. The van der Waals surface area contributed by atoms with Crippen molar-refractivity contribution in [1.29, 1.82) is 0 Å². The lowest BCUT2D eigenvalue weighted by atomic mass is 9.88. The van der Waals surface area contributed by atoms with Crippen LogP contribution < -0.4 is 9.64 Å². The summed E-state index contributed by atoms with van der Waals surface area (Å²) in [6.45, 7) is 1.56. The number of rotatable bonds is 5. The number of pyridine rings is 1. The fourth-order valence-electron chi connectivity index (χ4n) is 6.05. The number of aryl methyl sites for hydroxylation is 2.